The first kappa shape index (κ1) is 32.9. The Bertz CT molecular complexity index is 1680. The molecule has 2 heterocycles. The molecule has 0 unspecified atom stereocenters. The van der Waals surface area contributed by atoms with Crippen LogP contribution in [0.4, 0.5) is 5.69 Å². The molecule has 1 aromatic heterocycles. The highest BCUT2D eigenvalue weighted by molar-refractivity contribution is 7.99. The number of aromatic nitrogens is 3. The zero-order valence-corrected chi connectivity index (χ0v) is 27.9. The van der Waals surface area contributed by atoms with E-state index < -0.39 is 0 Å². The van der Waals surface area contributed by atoms with Gasteiger partial charge in [0.1, 0.15) is 0 Å². The van der Waals surface area contributed by atoms with Crippen molar-refractivity contribution in [1.82, 2.24) is 20.1 Å². The largest absolute Gasteiger partial charge is 0.490 e. The van der Waals surface area contributed by atoms with Gasteiger partial charge in [0.15, 0.2) is 22.5 Å². The summed E-state index contributed by atoms with van der Waals surface area (Å²) in [5.41, 5.74) is 5.53. The average Bonchev–Trinajstić information content (AvgIpc) is 3.47. The van der Waals surface area contributed by atoms with Crippen molar-refractivity contribution >= 4 is 29.3 Å². The van der Waals surface area contributed by atoms with Crippen LogP contribution in [0.25, 0.3) is 5.69 Å². The van der Waals surface area contributed by atoms with Crippen molar-refractivity contribution in [3.8, 4) is 22.9 Å². The van der Waals surface area contributed by atoms with Crippen LogP contribution in [0.3, 0.4) is 0 Å². The number of benzene rings is 3. The van der Waals surface area contributed by atoms with E-state index in [0.29, 0.717) is 60.2 Å². The Morgan fingerprint density at radius 2 is 1.61 bits per heavy atom. The Kier molecular flexibility index (Phi) is 10.8. The summed E-state index contributed by atoms with van der Waals surface area (Å²) in [5.74, 6) is 1.80. The molecular formula is C35H41N5O5S. The van der Waals surface area contributed by atoms with E-state index in [4.69, 9.17) is 14.2 Å². The normalized spacial score (nSPS) is 12.4. The van der Waals surface area contributed by atoms with Crippen molar-refractivity contribution in [3.63, 3.8) is 0 Å². The van der Waals surface area contributed by atoms with Gasteiger partial charge in [-0.2, -0.15) is 0 Å². The third-order valence-electron chi connectivity index (χ3n) is 7.62. The molecule has 242 valence electrons. The Labute approximate surface area is 274 Å². The van der Waals surface area contributed by atoms with Gasteiger partial charge in [-0.05, 0) is 88.4 Å². The van der Waals surface area contributed by atoms with Crippen LogP contribution in [-0.4, -0.2) is 58.7 Å². The smallest absolute Gasteiger partial charge is 0.251 e. The van der Waals surface area contributed by atoms with Crippen LogP contribution in [0.2, 0.25) is 0 Å². The molecule has 0 atom stereocenters. The number of amides is 2. The Morgan fingerprint density at radius 3 is 2.33 bits per heavy atom. The number of anilines is 1. The van der Waals surface area contributed by atoms with Crippen molar-refractivity contribution in [2.45, 2.75) is 59.2 Å². The minimum atomic E-state index is -0.325. The van der Waals surface area contributed by atoms with Crippen LogP contribution in [0.15, 0.2) is 59.8 Å². The lowest BCUT2D eigenvalue weighted by Crippen LogP contribution is -2.36. The molecule has 46 heavy (non-hydrogen) atoms. The van der Waals surface area contributed by atoms with E-state index in [9.17, 15) is 9.59 Å². The number of rotatable bonds is 13. The molecule has 0 bridgehead atoms. The molecule has 1 aliphatic rings. The fourth-order valence-corrected chi connectivity index (χ4v) is 6.33. The van der Waals surface area contributed by atoms with Gasteiger partial charge >= 0.3 is 0 Å². The molecule has 0 saturated heterocycles. The first-order valence-electron chi connectivity index (χ1n) is 15.7. The second kappa shape index (κ2) is 15.2. The van der Waals surface area contributed by atoms with E-state index in [1.165, 1.54) is 17.3 Å². The van der Waals surface area contributed by atoms with Crippen LogP contribution in [-0.2, 0) is 17.8 Å². The molecular weight excluding hydrogens is 602 g/mol. The van der Waals surface area contributed by atoms with Crippen LogP contribution >= 0.6 is 11.8 Å². The van der Waals surface area contributed by atoms with Gasteiger partial charge in [-0.3, -0.25) is 14.2 Å². The van der Waals surface area contributed by atoms with Crippen molar-refractivity contribution in [1.29, 1.82) is 0 Å². The number of nitrogens with one attached hydrogen (secondary N) is 1. The summed E-state index contributed by atoms with van der Waals surface area (Å²) in [7, 11) is 0. The van der Waals surface area contributed by atoms with Gasteiger partial charge in [-0.25, -0.2) is 0 Å². The number of para-hydroxylation sites is 1. The SMILES string of the molecule is CCOc1cc(C(=O)NCc2nnc(SCC(=O)N3CCCc4ccccc43)n2-c2cc(C)ccc2C)cc(OCC)c1OCC. The number of ether oxygens (including phenoxy) is 3. The number of thioether (sulfide) groups is 1. The maximum atomic E-state index is 13.5. The predicted octanol–water partition coefficient (Wildman–Crippen LogP) is 6.08. The molecule has 10 nitrogen and oxygen atoms in total. The number of aryl methyl sites for hydroxylation is 3. The highest BCUT2D eigenvalue weighted by Gasteiger charge is 2.25. The van der Waals surface area contributed by atoms with Crippen LogP contribution < -0.4 is 24.4 Å². The maximum Gasteiger partial charge on any atom is 0.251 e. The highest BCUT2D eigenvalue weighted by Crippen LogP contribution is 2.39. The average molecular weight is 644 g/mol. The molecule has 5 rings (SSSR count). The third-order valence-corrected chi connectivity index (χ3v) is 8.53. The zero-order chi connectivity index (χ0) is 32.6. The summed E-state index contributed by atoms with van der Waals surface area (Å²) in [6.45, 7) is 11.7. The number of fused-ring (bicyclic) bond motifs is 1. The summed E-state index contributed by atoms with van der Waals surface area (Å²) >= 11 is 1.34. The standard InChI is InChI=1S/C35H41N5O5S/c1-6-43-29-19-26(20-30(44-7-2)33(29)45-8-3)34(42)36-21-31-37-38-35(40(31)28-18-23(4)15-16-24(28)5)46-22-32(41)39-17-11-13-25-12-9-10-14-27(25)39/h9-10,12,14-16,18-20H,6-8,11,13,17,21-22H2,1-5H3,(H,36,42). The fourth-order valence-electron chi connectivity index (χ4n) is 5.49. The van der Waals surface area contributed by atoms with Crippen molar-refractivity contribution in [2.75, 3.05) is 37.0 Å². The third kappa shape index (κ3) is 7.31. The predicted molar refractivity (Wildman–Crippen MR) is 180 cm³/mol. The minimum absolute atomic E-state index is 0.0215. The number of hydrogen-bond donors (Lipinski definition) is 1. The second-order valence-electron chi connectivity index (χ2n) is 10.9. The van der Waals surface area contributed by atoms with Gasteiger partial charge in [-0.1, -0.05) is 42.1 Å². The van der Waals surface area contributed by atoms with Gasteiger partial charge in [0.2, 0.25) is 11.7 Å². The van der Waals surface area contributed by atoms with E-state index in [1.807, 2.05) is 74.4 Å². The molecule has 0 spiro atoms. The molecule has 3 aromatic carbocycles. The lowest BCUT2D eigenvalue weighted by molar-refractivity contribution is -0.116. The van der Waals surface area contributed by atoms with Gasteiger partial charge in [-0.15, -0.1) is 10.2 Å². The zero-order valence-electron chi connectivity index (χ0n) is 27.1. The summed E-state index contributed by atoms with van der Waals surface area (Å²) in [4.78, 5) is 28.8. The van der Waals surface area contributed by atoms with E-state index in [-0.39, 0.29) is 24.1 Å². The Balaban J connectivity index is 1.40. The molecule has 4 aromatic rings. The van der Waals surface area contributed by atoms with Gasteiger partial charge in [0.25, 0.3) is 5.91 Å². The van der Waals surface area contributed by atoms with Crippen molar-refractivity contribution in [2.24, 2.45) is 0 Å². The van der Waals surface area contributed by atoms with Crippen molar-refractivity contribution in [3.05, 3.63) is 82.7 Å². The molecule has 1 aliphatic heterocycles. The van der Waals surface area contributed by atoms with E-state index in [2.05, 4.69) is 27.6 Å². The summed E-state index contributed by atoms with van der Waals surface area (Å²) < 4.78 is 19.3. The topological polar surface area (TPSA) is 108 Å². The molecule has 0 saturated carbocycles. The van der Waals surface area contributed by atoms with Crippen molar-refractivity contribution < 1.29 is 23.8 Å². The molecule has 2 amide bonds. The second-order valence-corrected chi connectivity index (χ2v) is 11.8. The van der Waals surface area contributed by atoms with Crippen LogP contribution in [0.1, 0.15) is 60.1 Å². The van der Waals surface area contributed by atoms with Crippen LogP contribution in [0.5, 0.6) is 17.2 Å². The summed E-state index contributed by atoms with van der Waals surface area (Å²) in [6.07, 6.45) is 1.90. The number of hydrogen-bond acceptors (Lipinski definition) is 8. The van der Waals surface area contributed by atoms with Gasteiger partial charge < -0.3 is 24.4 Å². The number of carbonyl (C=O) groups is 2. The molecule has 0 radical (unpaired) electrons. The Morgan fingerprint density at radius 1 is 0.891 bits per heavy atom. The lowest BCUT2D eigenvalue weighted by Gasteiger charge is -2.29. The molecule has 11 heteroatoms. The minimum Gasteiger partial charge on any atom is -0.490 e. The maximum absolute atomic E-state index is 13.5. The van der Waals surface area contributed by atoms with E-state index in [0.717, 1.165) is 35.3 Å². The van der Waals surface area contributed by atoms with Crippen LogP contribution in [0, 0.1) is 13.8 Å². The van der Waals surface area contributed by atoms with E-state index >= 15 is 0 Å². The molecule has 0 fully saturated rings. The first-order chi connectivity index (χ1) is 22.3. The first-order valence-corrected chi connectivity index (χ1v) is 16.7. The fraction of sp³-hybridized carbons (Fsp3) is 0.371. The quantitative estimate of drug-likeness (QED) is 0.175. The highest BCUT2D eigenvalue weighted by atomic mass is 32.2. The van der Waals surface area contributed by atoms with E-state index in [1.54, 1.807) is 12.1 Å². The van der Waals surface area contributed by atoms with Gasteiger partial charge in [0.05, 0.1) is 37.8 Å². The monoisotopic (exact) mass is 643 g/mol. The number of carbonyl (C=O) groups excluding carboxylic acids is 2. The lowest BCUT2D eigenvalue weighted by atomic mass is 10.0. The summed E-state index contributed by atoms with van der Waals surface area (Å²) in [5, 5.41) is 12.5. The molecule has 1 N–H and O–H groups in total. The summed E-state index contributed by atoms with van der Waals surface area (Å²) in [6, 6.07) is 17.6. The van der Waals surface area contributed by atoms with Gasteiger partial charge in [0, 0.05) is 17.8 Å². The number of nitrogens with zero attached hydrogens (tertiary/aromatic N) is 4. The molecule has 0 aliphatic carbocycles. The Hall–Kier alpha value is -4.51.